The van der Waals surface area contributed by atoms with Crippen molar-refractivity contribution in [3.05, 3.63) is 41.4 Å². The minimum absolute atomic E-state index is 0.999. The number of pyridine rings is 1. The molecule has 1 nitrogen and oxygen atoms in total. The molecule has 0 aliphatic heterocycles. The highest BCUT2D eigenvalue weighted by Crippen LogP contribution is 2.22. The van der Waals surface area contributed by atoms with Crippen molar-refractivity contribution in [2.45, 2.75) is 13.3 Å². The summed E-state index contributed by atoms with van der Waals surface area (Å²) in [6.45, 7) is 2.13. The highest BCUT2D eigenvalue weighted by Gasteiger charge is 1.99. The van der Waals surface area contributed by atoms with E-state index in [4.69, 9.17) is 0 Å². The number of aryl methyl sites for hydroxylation is 1. The van der Waals surface area contributed by atoms with Gasteiger partial charge in [-0.15, -0.1) is 11.3 Å². The molecule has 2 aromatic rings. The molecule has 0 aliphatic rings. The molecule has 0 unspecified atom stereocenters. The molecule has 0 atom stereocenters. The van der Waals surface area contributed by atoms with Crippen molar-refractivity contribution in [2.75, 3.05) is 0 Å². The third-order valence-corrected chi connectivity index (χ3v) is 2.84. The van der Waals surface area contributed by atoms with Crippen LogP contribution in [0.2, 0.25) is 0 Å². The van der Waals surface area contributed by atoms with Crippen LogP contribution in [0.3, 0.4) is 0 Å². The summed E-state index contributed by atoms with van der Waals surface area (Å²) < 4.78 is 0. The quantitative estimate of drug-likeness (QED) is 0.705. The summed E-state index contributed by atoms with van der Waals surface area (Å²) in [7, 11) is 0. The second kappa shape index (κ2) is 3.71. The van der Waals surface area contributed by atoms with E-state index in [0.717, 1.165) is 17.8 Å². The Morgan fingerprint density at radius 3 is 2.85 bits per heavy atom. The van der Waals surface area contributed by atoms with Crippen LogP contribution in [0.4, 0.5) is 0 Å². The van der Waals surface area contributed by atoms with Gasteiger partial charge in [-0.1, -0.05) is 19.1 Å². The van der Waals surface area contributed by atoms with Gasteiger partial charge in [0.1, 0.15) is 0 Å². The van der Waals surface area contributed by atoms with Gasteiger partial charge in [-0.25, -0.2) is 0 Å². The van der Waals surface area contributed by atoms with E-state index in [-0.39, 0.29) is 0 Å². The third-order valence-electron chi connectivity index (χ3n) is 1.94. The number of rotatable bonds is 2. The van der Waals surface area contributed by atoms with Crippen molar-refractivity contribution in [3.63, 3.8) is 0 Å². The van der Waals surface area contributed by atoms with Gasteiger partial charge in [-0.3, -0.25) is 4.98 Å². The third kappa shape index (κ3) is 1.78. The van der Waals surface area contributed by atoms with Crippen molar-refractivity contribution in [3.8, 4) is 10.6 Å². The molecule has 2 aromatic heterocycles. The van der Waals surface area contributed by atoms with E-state index in [0.29, 0.717) is 0 Å². The summed E-state index contributed by atoms with van der Waals surface area (Å²) in [4.78, 5) is 5.79. The maximum atomic E-state index is 4.54. The van der Waals surface area contributed by atoms with E-state index in [1.54, 1.807) is 11.3 Å². The lowest BCUT2D eigenvalue weighted by molar-refractivity contribution is 1.04. The van der Waals surface area contributed by atoms with E-state index in [2.05, 4.69) is 47.6 Å². The summed E-state index contributed by atoms with van der Waals surface area (Å²) in [5, 5.41) is 2.08. The lowest BCUT2D eigenvalue weighted by atomic mass is 10.2. The molecule has 0 radical (unpaired) electrons. The van der Waals surface area contributed by atoms with Gasteiger partial charge in [0.25, 0.3) is 0 Å². The zero-order valence-electron chi connectivity index (χ0n) is 7.53. The van der Waals surface area contributed by atoms with Crippen molar-refractivity contribution < 1.29 is 0 Å². The molecule has 0 bridgehead atoms. The Bertz CT molecular complexity index is 379. The van der Waals surface area contributed by atoms with Crippen LogP contribution < -0.4 is 0 Å². The molecule has 2 heteroatoms. The standard InChI is InChI=1S/C11H11NS/c1-2-9-5-3-6-10(12-9)11-7-4-8-13-11/h3-8H,2H2,1H3. The Hall–Kier alpha value is -1.15. The molecule has 0 aromatic carbocycles. The fraction of sp³-hybridized carbons (Fsp3) is 0.182. The molecule has 0 amide bonds. The SMILES string of the molecule is CCc1cccc(-c2cccs2)n1. The number of aromatic nitrogens is 1. The Morgan fingerprint density at radius 2 is 2.15 bits per heavy atom. The Labute approximate surface area is 82.1 Å². The minimum Gasteiger partial charge on any atom is -0.252 e. The summed E-state index contributed by atoms with van der Waals surface area (Å²) >= 11 is 1.73. The second-order valence-electron chi connectivity index (χ2n) is 2.85. The number of hydrogen-bond donors (Lipinski definition) is 0. The van der Waals surface area contributed by atoms with Gasteiger partial charge in [0.15, 0.2) is 0 Å². The zero-order valence-corrected chi connectivity index (χ0v) is 8.34. The van der Waals surface area contributed by atoms with Gasteiger partial charge in [0, 0.05) is 5.69 Å². The summed E-state index contributed by atoms with van der Waals surface area (Å²) in [5.74, 6) is 0. The minimum atomic E-state index is 0.999. The molecule has 0 N–H and O–H groups in total. The molecular weight excluding hydrogens is 178 g/mol. The Morgan fingerprint density at radius 1 is 1.23 bits per heavy atom. The number of thiophene rings is 1. The maximum Gasteiger partial charge on any atom is 0.0804 e. The average molecular weight is 189 g/mol. The van der Waals surface area contributed by atoms with Crippen molar-refractivity contribution in [2.24, 2.45) is 0 Å². The highest BCUT2D eigenvalue weighted by molar-refractivity contribution is 7.13. The van der Waals surface area contributed by atoms with Crippen molar-refractivity contribution in [1.82, 2.24) is 4.98 Å². The molecular formula is C11H11NS. The molecule has 66 valence electrons. The Balaban J connectivity index is 2.41. The fourth-order valence-corrected chi connectivity index (χ4v) is 1.93. The molecule has 0 saturated carbocycles. The number of hydrogen-bond acceptors (Lipinski definition) is 2. The average Bonchev–Trinajstić information content (AvgIpc) is 2.71. The van der Waals surface area contributed by atoms with Crippen molar-refractivity contribution in [1.29, 1.82) is 0 Å². The van der Waals surface area contributed by atoms with Crippen molar-refractivity contribution >= 4 is 11.3 Å². The van der Waals surface area contributed by atoms with Crippen LogP contribution in [0, 0.1) is 0 Å². The van der Waals surface area contributed by atoms with Crippen LogP contribution in [0.5, 0.6) is 0 Å². The number of nitrogens with zero attached hydrogens (tertiary/aromatic N) is 1. The van der Waals surface area contributed by atoms with Gasteiger partial charge < -0.3 is 0 Å². The van der Waals surface area contributed by atoms with E-state index >= 15 is 0 Å². The van der Waals surface area contributed by atoms with Crippen LogP contribution in [0.25, 0.3) is 10.6 Å². The summed E-state index contributed by atoms with van der Waals surface area (Å²) in [5.41, 5.74) is 2.25. The van der Waals surface area contributed by atoms with Crippen LogP contribution in [0.15, 0.2) is 35.7 Å². The lowest BCUT2D eigenvalue weighted by Crippen LogP contribution is -1.87. The van der Waals surface area contributed by atoms with E-state index < -0.39 is 0 Å². The largest absolute Gasteiger partial charge is 0.252 e. The summed E-state index contributed by atoms with van der Waals surface area (Å²) in [6.07, 6.45) is 0.999. The molecule has 0 aliphatic carbocycles. The lowest BCUT2D eigenvalue weighted by Gasteiger charge is -1.99. The van der Waals surface area contributed by atoms with E-state index in [9.17, 15) is 0 Å². The van der Waals surface area contributed by atoms with Crippen LogP contribution >= 0.6 is 11.3 Å². The summed E-state index contributed by atoms with van der Waals surface area (Å²) in [6, 6.07) is 10.4. The second-order valence-corrected chi connectivity index (χ2v) is 3.79. The predicted octanol–water partition coefficient (Wildman–Crippen LogP) is 3.37. The van der Waals surface area contributed by atoms with Gasteiger partial charge in [0.2, 0.25) is 0 Å². The van der Waals surface area contributed by atoms with Gasteiger partial charge in [-0.05, 0) is 30.0 Å². The zero-order chi connectivity index (χ0) is 9.10. The first-order valence-corrected chi connectivity index (χ1v) is 5.28. The van der Waals surface area contributed by atoms with E-state index in [1.165, 1.54) is 4.88 Å². The van der Waals surface area contributed by atoms with Crippen LogP contribution in [0.1, 0.15) is 12.6 Å². The van der Waals surface area contributed by atoms with Crippen LogP contribution in [-0.2, 0) is 6.42 Å². The predicted molar refractivity (Wildman–Crippen MR) is 56.9 cm³/mol. The Kier molecular flexibility index (Phi) is 2.41. The van der Waals surface area contributed by atoms with Gasteiger partial charge >= 0.3 is 0 Å². The first kappa shape index (κ1) is 8.45. The van der Waals surface area contributed by atoms with E-state index in [1.807, 2.05) is 0 Å². The molecule has 0 spiro atoms. The first-order valence-electron chi connectivity index (χ1n) is 4.40. The molecule has 0 fully saturated rings. The molecule has 2 rings (SSSR count). The van der Waals surface area contributed by atoms with Gasteiger partial charge in [-0.2, -0.15) is 0 Å². The smallest absolute Gasteiger partial charge is 0.0804 e. The highest BCUT2D eigenvalue weighted by atomic mass is 32.1. The molecule has 2 heterocycles. The van der Waals surface area contributed by atoms with Gasteiger partial charge in [0.05, 0.1) is 10.6 Å². The monoisotopic (exact) mass is 189 g/mol. The fourth-order valence-electron chi connectivity index (χ4n) is 1.24. The normalized spacial score (nSPS) is 10.2. The molecule has 0 saturated heterocycles. The first-order chi connectivity index (χ1) is 6.40. The topological polar surface area (TPSA) is 12.9 Å². The maximum absolute atomic E-state index is 4.54. The van der Waals surface area contributed by atoms with Crippen LogP contribution in [-0.4, -0.2) is 4.98 Å². The molecule has 13 heavy (non-hydrogen) atoms.